The summed E-state index contributed by atoms with van der Waals surface area (Å²) in [5.41, 5.74) is 2.57. The molecule has 0 radical (unpaired) electrons. The van der Waals surface area contributed by atoms with E-state index in [1.54, 1.807) is 0 Å². The van der Waals surface area contributed by atoms with E-state index in [4.69, 9.17) is 0 Å². The van der Waals surface area contributed by atoms with E-state index < -0.39 is 12.0 Å². The lowest BCUT2D eigenvalue weighted by atomic mass is 9.88. The Labute approximate surface area is 118 Å². The number of nitrogens with one attached hydrogen (secondary N) is 1. The molecule has 0 fully saturated rings. The number of anilines is 1. The molecule has 0 saturated heterocycles. The number of nitrogens with zero attached hydrogens (tertiary/aromatic N) is 2. The van der Waals surface area contributed by atoms with Crippen molar-refractivity contribution in [1.82, 2.24) is 9.36 Å². The van der Waals surface area contributed by atoms with Crippen molar-refractivity contribution in [3.63, 3.8) is 0 Å². The van der Waals surface area contributed by atoms with Crippen molar-refractivity contribution in [2.24, 2.45) is 0 Å². The normalized spacial score (nSPS) is 18.6. The van der Waals surface area contributed by atoms with E-state index in [9.17, 15) is 13.2 Å². The lowest BCUT2D eigenvalue weighted by molar-refractivity contribution is -0.144. The van der Waals surface area contributed by atoms with Gasteiger partial charge in [-0.2, -0.15) is 22.5 Å². The van der Waals surface area contributed by atoms with E-state index >= 15 is 0 Å². The predicted octanol–water partition coefficient (Wildman–Crippen LogP) is 3.53. The number of aryl methyl sites for hydroxylation is 1. The van der Waals surface area contributed by atoms with Gasteiger partial charge in [0.2, 0.25) is 11.0 Å². The first-order valence-corrected chi connectivity index (χ1v) is 7.04. The maximum atomic E-state index is 12.4. The quantitative estimate of drug-likeness (QED) is 0.922. The SMILES string of the molecule is FC(F)(F)c1nsc(NC2CCc3ccccc3C2)n1. The van der Waals surface area contributed by atoms with E-state index in [2.05, 4.69) is 26.8 Å². The second-order valence-corrected chi connectivity index (χ2v) is 5.53. The van der Waals surface area contributed by atoms with Crippen LogP contribution < -0.4 is 5.32 Å². The fourth-order valence-electron chi connectivity index (χ4n) is 2.39. The van der Waals surface area contributed by atoms with Gasteiger partial charge in [0.1, 0.15) is 0 Å². The molecule has 0 saturated carbocycles. The van der Waals surface area contributed by atoms with Crippen molar-refractivity contribution in [3.05, 3.63) is 41.2 Å². The molecule has 1 aliphatic carbocycles. The smallest absolute Gasteiger partial charge is 0.357 e. The molecule has 1 aliphatic rings. The van der Waals surface area contributed by atoms with Crippen molar-refractivity contribution in [1.29, 1.82) is 0 Å². The molecule has 0 aliphatic heterocycles. The molecule has 3 nitrogen and oxygen atoms in total. The lowest BCUT2D eigenvalue weighted by Crippen LogP contribution is -2.27. The molecule has 1 atom stereocenters. The molecule has 3 rings (SSSR count). The number of halogens is 3. The van der Waals surface area contributed by atoms with Gasteiger partial charge in [0.25, 0.3) is 0 Å². The van der Waals surface area contributed by atoms with Crippen molar-refractivity contribution in [3.8, 4) is 0 Å². The molecule has 0 spiro atoms. The molecule has 1 heterocycles. The summed E-state index contributed by atoms with van der Waals surface area (Å²) < 4.78 is 40.6. The third-order valence-corrected chi connectivity index (χ3v) is 4.00. The summed E-state index contributed by atoms with van der Waals surface area (Å²) >= 11 is 0.759. The van der Waals surface area contributed by atoms with E-state index in [1.807, 2.05) is 12.1 Å². The van der Waals surface area contributed by atoms with E-state index in [0.29, 0.717) is 0 Å². The zero-order chi connectivity index (χ0) is 14.2. The van der Waals surface area contributed by atoms with Crippen LogP contribution >= 0.6 is 11.5 Å². The molecule has 1 N–H and O–H groups in total. The highest BCUT2D eigenvalue weighted by Crippen LogP contribution is 2.30. The molecule has 1 aromatic heterocycles. The van der Waals surface area contributed by atoms with Crippen molar-refractivity contribution >= 4 is 16.7 Å². The van der Waals surface area contributed by atoms with Gasteiger partial charge in [0, 0.05) is 17.6 Å². The average Bonchev–Trinajstić information content (AvgIpc) is 2.87. The zero-order valence-electron chi connectivity index (χ0n) is 10.4. The number of hydrogen-bond acceptors (Lipinski definition) is 4. The molecule has 20 heavy (non-hydrogen) atoms. The zero-order valence-corrected chi connectivity index (χ0v) is 11.3. The highest BCUT2D eigenvalue weighted by atomic mass is 32.1. The average molecular weight is 299 g/mol. The van der Waals surface area contributed by atoms with Gasteiger partial charge < -0.3 is 5.32 Å². The summed E-state index contributed by atoms with van der Waals surface area (Å²) in [5, 5.41) is 3.30. The molecule has 0 bridgehead atoms. The first-order valence-electron chi connectivity index (χ1n) is 6.26. The lowest BCUT2D eigenvalue weighted by Gasteiger charge is -2.24. The number of hydrogen-bond donors (Lipinski definition) is 1. The molecule has 106 valence electrons. The summed E-state index contributed by atoms with van der Waals surface area (Å²) in [5.74, 6) is -1.07. The van der Waals surface area contributed by atoms with Crippen LogP contribution in [0.1, 0.15) is 23.4 Å². The largest absolute Gasteiger partial charge is 0.452 e. The van der Waals surface area contributed by atoms with Gasteiger partial charge in [-0.05, 0) is 30.4 Å². The van der Waals surface area contributed by atoms with Gasteiger partial charge in [-0.15, -0.1) is 0 Å². The summed E-state index contributed by atoms with van der Waals surface area (Å²) in [6.07, 6.45) is -1.86. The number of fused-ring (bicyclic) bond motifs is 1. The Balaban J connectivity index is 1.69. The fourth-order valence-corrected chi connectivity index (χ4v) is 3.06. The van der Waals surface area contributed by atoms with Gasteiger partial charge in [-0.1, -0.05) is 24.3 Å². The van der Waals surface area contributed by atoms with Gasteiger partial charge in [-0.25, -0.2) is 0 Å². The fraction of sp³-hybridized carbons (Fsp3) is 0.385. The topological polar surface area (TPSA) is 37.8 Å². The van der Waals surface area contributed by atoms with Crippen LogP contribution in [0, 0.1) is 0 Å². The highest BCUT2D eigenvalue weighted by Gasteiger charge is 2.36. The monoisotopic (exact) mass is 299 g/mol. The molecule has 0 amide bonds. The Bertz CT molecular complexity index is 609. The molecule has 1 aromatic carbocycles. The number of rotatable bonds is 2. The minimum Gasteiger partial charge on any atom is -0.357 e. The van der Waals surface area contributed by atoms with Crippen LogP contribution in [-0.4, -0.2) is 15.4 Å². The first kappa shape index (κ1) is 13.4. The van der Waals surface area contributed by atoms with Crippen LogP contribution in [0.25, 0.3) is 0 Å². The molecule has 1 unspecified atom stereocenters. The van der Waals surface area contributed by atoms with E-state index in [0.717, 1.165) is 30.8 Å². The maximum Gasteiger partial charge on any atom is 0.452 e. The third kappa shape index (κ3) is 2.77. The Kier molecular flexibility index (Phi) is 3.37. The Morgan fingerprint density at radius 3 is 2.65 bits per heavy atom. The minimum atomic E-state index is -4.48. The Morgan fingerprint density at radius 2 is 1.95 bits per heavy atom. The van der Waals surface area contributed by atoms with Crippen molar-refractivity contribution < 1.29 is 13.2 Å². The molecular formula is C13H12F3N3S. The second-order valence-electron chi connectivity index (χ2n) is 4.77. The van der Waals surface area contributed by atoms with Crippen LogP contribution in [0.3, 0.4) is 0 Å². The van der Waals surface area contributed by atoms with Crippen molar-refractivity contribution in [2.75, 3.05) is 5.32 Å². The van der Waals surface area contributed by atoms with Crippen LogP contribution in [0.4, 0.5) is 18.3 Å². The van der Waals surface area contributed by atoms with Crippen LogP contribution in [0.5, 0.6) is 0 Å². The number of alkyl halides is 3. The first-order chi connectivity index (χ1) is 9.52. The summed E-state index contributed by atoms with van der Waals surface area (Å²) in [4.78, 5) is 3.50. The van der Waals surface area contributed by atoms with E-state index in [-0.39, 0.29) is 11.2 Å². The summed E-state index contributed by atoms with van der Waals surface area (Å²) in [6.45, 7) is 0. The Hall–Kier alpha value is -1.63. The van der Waals surface area contributed by atoms with E-state index in [1.165, 1.54) is 11.1 Å². The van der Waals surface area contributed by atoms with Crippen LogP contribution in [0.15, 0.2) is 24.3 Å². The summed E-state index contributed by atoms with van der Waals surface area (Å²) in [7, 11) is 0. The van der Waals surface area contributed by atoms with Gasteiger partial charge >= 0.3 is 6.18 Å². The van der Waals surface area contributed by atoms with Gasteiger partial charge in [-0.3, -0.25) is 0 Å². The van der Waals surface area contributed by atoms with Crippen LogP contribution in [-0.2, 0) is 19.0 Å². The maximum absolute atomic E-state index is 12.4. The predicted molar refractivity (Wildman–Crippen MR) is 70.8 cm³/mol. The summed E-state index contributed by atoms with van der Waals surface area (Å²) in [6, 6.07) is 8.25. The van der Waals surface area contributed by atoms with Gasteiger partial charge in [0.05, 0.1) is 0 Å². The Morgan fingerprint density at radius 1 is 1.20 bits per heavy atom. The molecular weight excluding hydrogens is 287 g/mol. The highest BCUT2D eigenvalue weighted by molar-refractivity contribution is 7.09. The van der Waals surface area contributed by atoms with Crippen LogP contribution in [0.2, 0.25) is 0 Å². The number of aromatic nitrogens is 2. The van der Waals surface area contributed by atoms with Gasteiger partial charge in [0.15, 0.2) is 0 Å². The second kappa shape index (κ2) is 5.05. The third-order valence-electron chi connectivity index (χ3n) is 3.35. The standard InChI is InChI=1S/C13H12F3N3S/c14-13(15,16)11-18-12(20-19-11)17-10-6-5-8-3-1-2-4-9(8)7-10/h1-4,10H,5-7H2,(H,17,18,19). The molecule has 2 aromatic rings. The van der Waals surface area contributed by atoms with Crippen molar-refractivity contribution in [2.45, 2.75) is 31.5 Å². The minimum absolute atomic E-state index is 0.110. The molecule has 7 heteroatoms. The number of benzene rings is 1.